The van der Waals surface area contributed by atoms with E-state index in [0.29, 0.717) is 38.8 Å². The molecule has 1 unspecified atom stereocenters. The Balaban J connectivity index is 1.48. The number of aromatic nitrogens is 1. The van der Waals surface area contributed by atoms with Gasteiger partial charge in [0.25, 0.3) is 0 Å². The van der Waals surface area contributed by atoms with E-state index in [4.69, 9.17) is 9.47 Å². The summed E-state index contributed by atoms with van der Waals surface area (Å²) in [6, 6.07) is 13.9. The van der Waals surface area contributed by atoms with E-state index < -0.39 is 11.0 Å². The number of hydrogen-bond donors (Lipinski definition) is 1. The molecule has 7 heteroatoms. The molecule has 172 valence electrons. The molecular weight excluding hydrogens is 484 g/mol. The van der Waals surface area contributed by atoms with E-state index in [2.05, 4.69) is 33.9 Å². The maximum Gasteiger partial charge on any atom is 0.409 e. The molecular formula is C26H27BrN2O4. The van der Waals surface area contributed by atoms with Crippen LogP contribution in [0.3, 0.4) is 0 Å². The molecule has 33 heavy (non-hydrogen) atoms. The van der Waals surface area contributed by atoms with Gasteiger partial charge >= 0.3 is 6.09 Å². The minimum absolute atomic E-state index is 0.112. The predicted molar refractivity (Wildman–Crippen MR) is 130 cm³/mol. The minimum Gasteiger partial charge on any atom is -0.487 e. The molecule has 1 aromatic heterocycles. The number of carbonyl (C=O) groups excluding carboxylic acids is 2. The highest BCUT2D eigenvalue weighted by molar-refractivity contribution is 9.10. The third-order valence-corrected chi connectivity index (χ3v) is 7.67. The van der Waals surface area contributed by atoms with E-state index in [1.54, 1.807) is 4.90 Å². The van der Waals surface area contributed by atoms with E-state index in [9.17, 15) is 9.59 Å². The van der Waals surface area contributed by atoms with Crippen LogP contribution in [0.4, 0.5) is 4.79 Å². The Hall–Kier alpha value is -2.80. The Morgan fingerprint density at radius 3 is 2.73 bits per heavy atom. The van der Waals surface area contributed by atoms with Crippen molar-refractivity contribution in [2.45, 2.75) is 43.6 Å². The molecule has 1 saturated heterocycles. The van der Waals surface area contributed by atoms with Crippen molar-refractivity contribution in [2.75, 3.05) is 20.2 Å². The quantitative estimate of drug-likeness (QED) is 0.449. The van der Waals surface area contributed by atoms with Gasteiger partial charge in [-0.15, -0.1) is 0 Å². The first-order chi connectivity index (χ1) is 15.8. The number of benzene rings is 2. The van der Waals surface area contributed by atoms with Gasteiger partial charge in [-0.05, 0) is 36.8 Å². The normalized spacial score (nSPS) is 21.5. The monoisotopic (exact) mass is 510 g/mol. The minimum atomic E-state index is -0.418. The highest BCUT2D eigenvalue weighted by Gasteiger charge is 2.49. The number of Topliss-reactive ketones (excluding diaryl/α,β-unsaturated/α-hetero) is 1. The second-order valence-electron chi connectivity index (χ2n) is 9.47. The molecule has 1 fully saturated rings. The molecule has 2 aliphatic heterocycles. The van der Waals surface area contributed by atoms with Gasteiger partial charge in [-0.2, -0.15) is 0 Å². The number of H-pyrrole nitrogens is 1. The summed E-state index contributed by atoms with van der Waals surface area (Å²) in [7, 11) is 1.41. The van der Waals surface area contributed by atoms with Crippen LogP contribution in [-0.2, 0) is 10.2 Å². The van der Waals surface area contributed by atoms with Gasteiger partial charge in [0.05, 0.1) is 12.6 Å². The average Bonchev–Trinajstić information content (AvgIpc) is 3.28. The summed E-state index contributed by atoms with van der Waals surface area (Å²) < 4.78 is 12.5. The van der Waals surface area contributed by atoms with Crippen molar-refractivity contribution in [1.29, 1.82) is 0 Å². The van der Waals surface area contributed by atoms with E-state index in [1.165, 1.54) is 7.11 Å². The number of para-hydroxylation sites is 1. The van der Waals surface area contributed by atoms with Crippen LogP contribution in [0.5, 0.6) is 5.75 Å². The number of likely N-dealkylation sites (tertiary alicyclic amines) is 1. The van der Waals surface area contributed by atoms with Gasteiger partial charge in [0.1, 0.15) is 11.4 Å². The molecule has 0 saturated carbocycles. The molecule has 3 aromatic rings. The maximum absolute atomic E-state index is 13.6. The summed E-state index contributed by atoms with van der Waals surface area (Å²) in [6.45, 7) is 3.32. The SMILES string of the molecule is COC(=O)N1CCC2(CC1)CC(C)(CC(=O)c1cccc3cc[nH]c13)c1cc(Br)ccc1O2. The number of ketones is 1. The molecule has 5 rings (SSSR count). The molecule has 1 N–H and O–H groups in total. The van der Waals surface area contributed by atoms with E-state index in [0.717, 1.165) is 32.3 Å². The molecule has 2 aliphatic rings. The number of fused-ring (bicyclic) bond motifs is 2. The van der Waals surface area contributed by atoms with Gasteiger partial charge in [0, 0.05) is 64.9 Å². The number of hydrogen-bond acceptors (Lipinski definition) is 4. The van der Waals surface area contributed by atoms with Crippen molar-refractivity contribution < 1.29 is 19.1 Å². The molecule has 2 aromatic carbocycles. The lowest BCUT2D eigenvalue weighted by molar-refractivity contribution is -0.0335. The lowest BCUT2D eigenvalue weighted by Crippen LogP contribution is -2.55. The molecule has 1 spiro atoms. The first-order valence-corrected chi connectivity index (χ1v) is 12.0. The maximum atomic E-state index is 13.6. The number of piperidine rings is 1. The number of amides is 1. The first kappa shape index (κ1) is 22.0. The number of carbonyl (C=O) groups is 2. The highest BCUT2D eigenvalue weighted by Crippen LogP contribution is 2.51. The fourth-order valence-corrected chi connectivity index (χ4v) is 5.93. The van der Waals surface area contributed by atoms with E-state index in [-0.39, 0.29) is 11.9 Å². The third kappa shape index (κ3) is 3.92. The summed E-state index contributed by atoms with van der Waals surface area (Å²) in [5.41, 5.74) is 1.82. The lowest BCUT2D eigenvalue weighted by atomic mass is 9.66. The zero-order chi connectivity index (χ0) is 23.2. The summed E-state index contributed by atoms with van der Waals surface area (Å²) >= 11 is 3.60. The van der Waals surface area contributed by atoms with Crippen molar-refractivity contribution in [1.82, 2.24) is 9.88 Å². The van der Waals surface area contributed by atoms with Crippen LogP contribution in [-0.4, -0.2) is 47.6 Å². The van der Waals surface area contributed by atoms with Gasteiger partial charge in [-0.1, -0.05) is 35.0 Å². The first-order valence-electron chi connectivity index (χ1n) is 11.2. The standard InChI is InChI=1S/C26H27BrN2O4/c1-25(15-21(30)19-5-3-4-17-8-11-28-23(17)19)16-26(9-12-29(13-10-26)24(31)32-2)33-22-7-6-18(27)14-20(22)25/h3-8,11,14,28H,9-10,12-13,15-16H2,1-2H3. The largest absolute Gasteiger partial charge is 0.487 e. The van der Waals surface area contributed by atoms with Crippen LogP contribution in [0, 0.1) is 0 Å². The summed E-state index contributed by atoms with van der Waals surface area (Å²) in [6.07, 6.45) is 4.06. The zero-order valence-corrected chi connectivity index (χ0v) is 20.4. The topological polar surface area (TPSA) is 71.6 Å². The summed E-state index contributed by atoms with van der Waals surface area (Å²) in [5, 5.41) is 1.03. The Morgan fingerprint density at radius 2 is 1.97 bits per heavy atom. The van der Waals surface area contributed by atoms with Gasteiger partial charge in [0.2, 0.25) is 0 Å². The second-order valence-corrected chi connectivity index (χ2v) is 10.4. The van der Waals surface area contributed by atoms with Crippen LogP contribution in [0.15, 0.2) is 53.1 Å². The van der Waals surface area contributed by atoms with Crippen molar-refractivity contribution >= 4 is 38.7 Å². The zero-order valence-electron chi connectivity index (χ0n) is 18.8. The molecule has 1 amide bonds. The summed E-state index contributed by atoms with van der Waals surface area (Å²) in [5.74, 6) is 0.935. The van der Waals surface area contributed by atoms with E-state index >= 15 is 0 Å². The number of nitrogens with one attached hydrogen (secondary N) is 1. The van der Waals surface area contributed by atoms with E-state index in [1.807, 2.05) is 42.6 Å². The van der Waals surface area contributed by atoms with Crippen LogP contribution in [0.2, 0.25) is 0 Å². The Bertz CT molecular complexity index is 1230. The fraction of sp³-hybridized carbons (Fsp3) is 0.385. The molecule has 0 bridgehead atoms. The molecule has 1 atom stereocenters. The van der Waals surface area contributed by atoms with Gasteiger partial charge in [-0.25, -0.2) is 4.79 Å². The van der Waals surface area contributed by atoms with Gasteiger partial charge in [0.15, 0.2) is 5.78 Å². The second kappa shape index (κ2) is 8.20. The molecule has 0 aliphatic carbocycles. The number of methoxy groups -OCH3 is 1. The van der Waals surface area contributed by atoms with Crippen molar-refractivity contribution in [3.05, 3.63) is 64.3 Å². The van der Waals surface area contributed by atoms with Crippen LogP contribution in [0.25, 0.3) is 10.9 Å². The van der Waals surface area contributed by atoms with Crippen molar-refractivity contribution in [3.8, 4) is 5.75 Å². The van der Waals surface area contributed by atoms with Gasteiger partial charge in [-0.3, -0.25) is 4.79 Å². The van der Waals surface area contributed by atoms with Crippen molar-refractivity contribution in [3.63, 3.8) is 0 Å². The van der Waals surface area contributed by atoms with Crippen LogP contribution >= 0.6 is 15.9 Å². The number of rotatable bonds is 3. The Kier molecular flexibility index (Phi) is 5.47. The molecule has 0 radical (unpaired) electrons. The highest BCUT2D eigenvalue weighted by atomic mass is 79.9. The van der Waals surface area contributed by atoms with Gasteiger partial charge < -0.3 is 19.4 Å². The molecule has 6 nitrogen and oxygen atoms in total. The average molecular weight is 511 g/mol. The smallest absolute Gasteiger partial charge is 0.409 e. The Labute approximate surface area is 201 Å². The van der Waals surface area contributed by atoms with Crippen molar-refractivity contribution in [2.24, 2.45) is 0 Å². The Morgan fingerprint density at radius 1 is 1.18 bits per heavy atom. The lowest BCUT2D eigenvalue weighted by Gasteiger charge is -2.50. The van der Waals surface area contributed by atoms with Crippen LogP contribution < -0.4 is 4.74 Å². The fourth-order valence-electron chi connectivity index (χ4n) is 5.57. The number of ether oxygens (including phenoxy) is 2. The predicted octanol–water partition coefficient (Wildman–Crippen LogP) is 5.84. The third-order valence-electron chi connectivity index (χ3n) is 7.18. The summed E-state index contributed by atoms with van der Waals surface area (Å²) in [4.78, 5) is 30.6. The number of halogens is 1. The van der Waals surface area contributed by atoms with Crippen LogP contribution in [0.1, 0.15) is 48.5 Å². The number of aromatic amines is 1. The molecule has 3 heterocycles. The number of nitrogens with zero attached hydrogens (tertiary/aromatic N) is 1.